The van der Waals surface area contributed by atoms with Gasteiger partial charge in [-0.3, -0.25) is 10.2 Å². The Hall–Kier alpha value is -4.81. The van der Waals surface area contributed by atoms with E-state index in [4.69, 9.17) is 28.4 Å². The zero-order chi connectivity index (χ0) is 37.6. The number of thioether (sulfide) groups is 1. The predicted molar refractivity (Wildman–Crippen MR) is 198 cm³/mol. The van der Waals surface area contributed by atoms with Gasteiger partial charge in [-0.1, -0.05) is 18.7 Å². The van der Waals surface area contributed by atoms with Gasteiger partial charge >= 0.3 is 5.97 Å². The van der Waals surface area contributed by atoms with Crippen LogP contribution < -0.4 is 34.3 Å². The number of phenols is 2. The molecule has 14 heteroatoms. The molecule has 0 saturated carbocycles. The molecule has 4 N–H and O–H groups in total. The molecule has 1 unspecified atom stereocenters. The van der Waals surface area contributed by atoms with Crippen LogP contribution in [0.1, 0.15) is 61.8 Å². The molecule has 0 aliphatic carbocycles. The number of phenolic OH excluding ortho intramolecular Hbond substituents is 2. The number of hydrogen-bond acceptors (Lipinski definition) is 14. The zero-order valence-electron chi connectivity index (χ0n) is 30.5. The molecule has 0 radical (unpaired) electrons. The average Bonchev–Trinajstić information content (AvgIpc) is 3.66. The molecule has 1 spiro atoms. The van der Waals surface area contributed by atoms with Crippen LogP contribution in [0.2, 0.25) is 0 Å². The van der Waals surface area contributed by atoms with E-state index in [1.165, 1.54) is 18.9 Å². The Balaban J connectivity index is 1.29. The van der Waals surface area contributed by atoms with Crippen LogP contribution in [-0.4, -0.2) is 85.7 Å². The number of carbonyl (C=O) groups excluding carboxylic acids is 1. The van der Waals surface area contributed by atoms with E-state index in [-0.39, 0.29) is 49.0 Å². The number of fused-ring (bicyclic) bond motifs is 9. The molecule has 282 valence electrons. The highest BCUT2D eigenvalue weighted by Gasteiger charge is 2.60. The van der Waals surface area contributed by atoms with E-state index in [9.17, 15) is 20.3 Å². The maximum atomic E-state index is 14.7. The van der Waals surface area contributed by atoms with E-state index >= 15 is 0 Å². The number of rotatable bonds is 5. The Labute approximate surface area is 317 Å². The van der Waals surface area contributed by atoms with Gasteiger partial charge < -0.3 is 44.0 Å². The van der Waals surface area contributed by atoms with E-state index in [2.05, 4.69) is 34.2 Å². The first-order valence-electron chi connectivity index (χ1n) is 18.1. The molecule has 54 heavy (non-hydrogen) atoms. The van der Waals surface area contributed by atoms with Gasteiger partial charge in [-0.15, -0.1) is 11.8 Å². The van der Waals surface area contributed by atoms with Crippen molar-refractivity contribution in [1.82, 2.24) is 15.5 Å². The molecular weight excluding hydrogens is 713 g/mol. The van der Waals surface area contributed by atoms with Gasteiger partial charge in [0, 0.05) is 46.6 Å². The quantitative estimate of drug-likeness (QED) is 0.216. The SMILES string of the molecule is C=CCOc1c(OC)c(C)cc2c1[C@H]1N[C@@H](C2)[C@H](C#N)N2C1[C@@H]1SC[C@]3(NCCc4cc(O)c(OC)cc43)C(=O)OC[C@H]2c2c3c(c(C)c(O)c21)OCO3. The molecule has 7 aliphatic heterocycles. The molecule has 2 saturated heterocycles. The number of benzene rings is 3. The lowest BCUT2D eigenvalue weighted by molar-refractivity contribution is -0.155. The number of methoxy groups -OCH3 is 2. The van der Waals surface area contributed by atoms with Crippen LogP contribution in [0.25, 0.3) is 0 Å². The minimum absolute atomic E-state index is 0.00392. The van der Waals surface area contributed by atoms with Crippen LogP contribution in [0.15, 0.2) is 30.9 Å². The van der Waals surface area contributed by atoms with Crippen molar-refractivity contribution >= 4 is 17.7 Å². The minimum atomic E-state index is -1.31. The summed E-state index contributed by atoms with van der Waals surface area (Å²) in [4.78, 5) is 16.9. The smallest absolute Gasteiger partial charge is 0.331 e. The first-order chi connectivity index (χ1) is 26.2. The molecule has 3 aromatic carbocycles. The second-order valence-corrected chi connectivity index (χ2v) is 15.8. The molecule has 4 bridgehead atoms. The lowest BCUT2D eigenvalue weighted by atomic mass is 9.72. The second kappa shape index (κ2) is 12.9. The molecule has 7 atom stereocenters. The first kappa shape index (κ1) is 34.9. The summed E-state index contributed by atoms with van der Waals surface area (Å²) in [5.41, 5.74) is 4.96. The Morgan fingerprint density at radius 3 is 2.67 bits per heavy atom. The number of piperazine rings is 1. The monoisotopic (exact) mass is 754 g/mol. The fourth-order valence-electron chi connectivity index (χ4n) is 9.79. The van der Waals surface area contributed by atoms with E-state index in [1.807, 2.05) is 13.8 Å². The molecule has 0 aromatic heterocycles. The normalized spacial score (nSPS) is 28.8. The van der Waals surface area contributed by atoms with Crippen molar-refractivity contribution in [3.63, 3.8) is 0 Å². The number of nitrogens with zero attached hydrogens (tertiary/aromatic N) is 2. The zero-order valence-corrected chi connectivity index (χ0v) is 31.3. The maximum Gasteiger partial charge on any atom is 0.331 e. The van der Waals surface area contributed by atoms with Crippen molar-refractivity contribution in [2.45, 2.75) is 67.7 Å². The number of aryl methyl sites for hydroxylation is 1. The summed E-state index contributed by atoms with van der Waals surface area (Å²) in [5, 5.41) is 40.9. The fraction of sp³-hybridized carbons (Fsp3) is 0.450. The number of aromatic hydroxyl groups is 2. The molecule has 2 fully saturated rings. The summed E-state index contributed by atoms with van der Waals surface area (Å²) in [5.74, 6) is 2.22. The Bertz CT molecular complexity index is 2150. The van der Waals surface area contributed by atoms with Crippen LogP contribution in [0.4, 0.5) is 0 Å². The van der Waals surface area contributed by atoms with E-state index in [1.54, 1.807) is 25.3 Å². The number of nitrogens with one attached hydrogen (secondary N) is 2. The summed E-state index contributed by atoms with van der Waals surface area (Å²) in [7, 11) is 3.11. The Morgan fingerprint density at radius 2 is 1.91 bits per heavy atom. The van der Waals surface area contributed by atoms with Gasteiger partial charge in [-0.2, -0.15) is 5.26 Å². The molecule has 3 aromatic rings. The van der Waals surface area contributed by atoms with E-state index < -0.39 is 40.9 Å². The molecule has 13 nitrogen and oxygen atoms in total. The molecular formula is C40H42N4O9S. The van der Waals surface area contributed by atoms with E-state index in [0.29, 0.717) is 64.6 Å². The Kier molecular flexibility index (Phi) is 8.35. The number of nitriles is 1. The van der Waals surface area contributed by atoms with Crippen molar-refractivity contribution in [2.75, 3.05) is 46.5 Å². The van der Waals surface area contributed by atoms with Crippen LogP contribution in [0.3, 0.4) is 0 Å². The lowest BCUT2D eigenvalue weighted by Gasteiger charge is -2.59. The van der Waals surface area contributed by atoms with Crippen LogP contribution >= 0.6 is 11.8 Å². The largest absolute Gasteiger partial charge is 0.507 e. The highest BCUT2D eigenvalue weighted by atomic mass is 32.2. The van der Waals surface area contributed by atoms with Crippen molar-refractivity contribution in [3.8, 4) is 46.3 Å². The predicted octanol–water partition coefficient (Wildman–Crippen LogP) is 4.28. The molecule has 10 rings (SSSR count). The van der Waals surface area contributed by atoms with Gasteiger partial charge in [-0.25, -0.2) is 4.79 Å². The van der Waals surface area contributed by atoms with Gasteiger partial charge in [0.1, 0.15) is 25.0 Å². The average molecular weight is 755 g/mol. The summed E-state index contributed by atoms with van der Waals surface area (Å²) < 4.78 is 36.4. The van der Waals surface area contributed by atoms with Gasteiger partial charge in [-0.05, 0) is 61.1 Å². The molecule has 0 amide bonds. The van der Waals surface area contributed by atoms with Crippen molar-refractivity contribution < 1.29 is 43.4 Å². The first-order valence-corrected chi connectivity index (χ1v) is 19.2. The van der Waals surface area contributed by atoms with Gasteiger partial charge in [0.25, 0.3) is 0 Å². The third-order valence-corrected chi connectivity index (χ3v) is 13.5. The van der Waals surface area contributed by atoms with Crippen LogP contribution in [-0.2, 0) is 27.9 Å². The number of esters is 1. The van der Waals surface area contributed by atoms with Gasteiger partial charge in [0.2, 0.25) is 6.79 Å². The number of hydrogen-bond donors (Lipinski definition) is 4. The summed E-state index contributed by atoms with van der Waals surface area (Å²) >= 11 is 1.51. The number of ether oxygens (including phenoxy) is 6. The van der Waals surface area contributed by atoms with Crippen LogP contribution in [0.5, 0.6) is 40.2 Å². The molecule has 7 heterocycles. The van der Waals surface area contributed by atoms with Gasteiger partial charge in [0.05, 0.1) is 37.6 Å². The van der Waals surface area contributed by atoms with Gasteiger partial charge in [0.15, 0.2) is 40.0 Å². The van der Waals surface area contributed by atoms with E-state index in [0.717, 1.165) is 22.3 Å². The summed E-state index contributed by atoms with van der Waals surface area (Å²) in [6, 6.07) is 5.67. The summed E-state index contributed by atoms with van der Waals surface area (Å²) in [6.07, 6.45) is 2.84. The maximum absolute atomic E-state index is 14.7. The fourth-order valence-corrected chi connectivity index (χ4v) is 11.5. The highest BCUT2D eigenvalue weighted by Crippen LogP contribution is 2.63. The molecule has 7 aliphatic rings. The third kappa shape index (κ3) is 4.78. The Morgan fingerprint density at radius 1 is 1.09 bits per heavy atom. The lowest BCUT2D eigenvalue weighted by Crippen LogP contribution is -2.69. The topological polar surface area (TPSA) is 164 Å². The second-order valence-electron chi connectivity index (χ2n) is 14.7. The minimum Gasteiger partial charge on any atom is -0.507 e. The third-order valence-electron chi connectivity index (χ3n) is 12.0. The van der Waals surface area contributed by atoms with Crippen molar-refractivity contribution in [2.24, 2.45) is 0 Å². The van der Waals surface area contributed by atoms with Crippen molar-refractivity contribution in [3.05, 3.63) is 75.4 Å². The standard InChI is InChI=1S/C40H42N4O9S/c1-6-9-50-36-28-21(10-18(2)34(36)49-5)11-23-24(14-41)44-25-15-51-39(47)40(22-13-27(48-4)26(45)12-20(22)7-8-42-40)16-54-38(32(44)31(28)43-23)30-29(25)37-35(52-17-53-37)19(3)33(30)46/h6,10,12-13,23-25,31-32,38,42-43,45-46H,1,7-9,11,15-17H2,2-5H3/t23-,24-,25-,31+,32?,38+,40+/m0/s1. The highest BCUT2D eigenvalue weighted by molar-refractivity contribution is 7.99. The number of carbonyl (C=O) groups is 1. The summed E-state index contributed by atoms with van der Waals surface area (Å²) in [6.45, 7) is 8.27. The van der Waals surface area contributed by atoms with Crippen molar-refractivity contribution in [1.29, 1.82) is 5.26 Å². The van der Waals surface area contributed by atoms with Crippen LogP contribution in [0, 0.1) is 25.2 Å².